The molecule has 0 aliphatic carbocycles. The van der Waals surface area contributed by atoms with Gasteiger partial charge in [0.25, 0.3) is 0 Å². The number of hydrogen-bond acceptors (Lipinski definition) is 2. The Morgan fingerprint density at radius 2 is 1.88 bits per heavy atom. The fourth-order valence-electron chi connectivity index (χ4n) is 0.918. The number of alkyl halides is 2. The summed E-state index contributed by atoms with van der Waals surface area (Å²) in [6.07, 6.45) is 0. The van der Waals surface area contributed by atoms with Gasteiger partial charge in [0.15, 0.2) is 0 Å². The predicted molar refractivity (Wildman–Crippen MR) is 55.0 cm³/mol. The van der Waals surface area contributed by atoms with E-state index < -0.39 is 11.9 Å². The number of anilines is 1. The minimum absolute atomic E-state index is 0.0776. The first-order valence-electron chi connectivity index (χ1n) is 4.04. The molecule has 0 saturated heterocycles. The average Bonchev–Trinajstić information content (AvgIpc) is 2.18. The number of halogens is 3. The van der Waals surface area contributed by atoms with Crippen LogP contribution in [0.1, 0.15) is 0 Å². The van der Waals surface area contributed by atoms with E-state index in [9.17, 15) is 18.1 Å². The third-order valence-electron chi connectivity index (χ3n) is 1.45. The largest absolute Gasteiger partial charge is 0.430 e. The molecule has 0 spiro atoms. The molecule has 0 aliphatic heterocycles. The maximum absolute atomic E-state index is 12.4. The molecule has 4 nitrogen and oxygen atoms in total. The molecule has 0 heterocycles. The summed E-state index contributed by atoms with van der Waals surface area (Å²) in [7, 11) is 1.23. The summed E-state index contributed by atoms with van der Waals surface area (Å²) in [5.74, 6) is -3.43. The third-order valence-corrected chi connectivity index (χ3v) is 1.57. The summed E-state index contributed by atoms with van der Waals surface area (Å²) in [6.45, 7) is 0. The molecular weight excluding hydrogens is 244 g/mol. The molecule has 2 amide bonds. The van der Waals surface area contributed by atoms with Crippen molar-refractivity contribution >= 4 is 21.0 Å². The predicted octanol–water partition coefficient (Wildman–Crippen LogP) is 2.50. The van der Waals surface area contributed by atoms with E-state index in [4.69, 9.17) is 0 Å². The summed E-state index contributed by atoms with van der Waals surface area (Å²) >= 11 is 0. The topological polar surface area (TPSA) is 50.4 Å². The molecule has 0 bridgehead atoms. The summed E-state index contributed by atoms with van der Waals surface area (Å²) in [5, 5.41) is 2.11. The van der Waals surface area contributed by atoms with E-state index in [0.29, 0.717) is 0 Å². The number of ether oxygens (including phenoxy) is 1. The van der Waals surface area contributed by atoms with Gasteiger partial charge in [-0.25, -0.2) is 4.79 Å². The van der Waals surface area contributed by atoms with E-state index in [1.807, 2.05) is 0 Å². The van der Waals surface area contributed by atoms with Crippen LogP contribution in [0.25, 0.3) is 0 Å². The molecule has 88 valence electrons. The van der Waals surface area contributed by atoms with Crippen LogP contribution in [0.3, 0.4) is 0 Å². The normalized spacial score (nSPS) is 10.8. The summed E-state index contributed by atoms with van der Waals surface area (Å²) in [4.78, 5) is 10.5. The highest BCUT2D eigenvalue weighted by Crippen LogP contribution is 2.27. The number of benzene rings is 1. The van der Waals surface area contributed by atoms with Crippen LogP contribution in [0.4, 0.5) is 23.7 Å². The number of nitrogens with one attached hydrogen (secondary N) is 2. The summed E-state index contributed by atoms with van der Waals surface area (Å²) < 4.78 is 40.6. The minimum Gasteiger partial charge on any atom is -0.430 e. The molecule has 0 aromatic heterocycles. The maximum atomic E-state index is 12.4. The van der Waals surface area contributed by atoms with Gasteiger partial charge in [0, 0.05) is 5.69 Å². The fourth-order valence-corrected chi connectivity index (χ4v) is 1.05. The lowest BCUT2D eigenvalue weighted by Gasteiger charge is -2.12. The highest BCUT2D eigenvalue weighted by Gasteiger charge is 2.23. The smallest absolute Gasteiger partial charge is 0.408 e. The molecule has 0 fully saturated rings. The molecule has 1 aromatic carbocycles. The Hall–Kier alpha value is -1.49. The van der Waals surface area contributed by atoms with Gasteiger partial charge in [-0.15, -0.1) is 0 Å². The Morgan fingerprint density at radius 1 is 1.31 bits per heavy atom. The van der Waals surface area contributed by atoms with Gasteiger partial charge in [-0.05, 0) is 33.5 Å². The van der Waals surface area contributed by atoms with Gasteiger partial charge in [-0.2, -0.15) is 14.3 Å². The van der Waals surface area contributed by atoms with E-state index in [1.54, 1.807) is 0 Å². The van der Waals surface area contributed by atoms with E-state index in [2.05, 4.69) is 10.1 Å². The Balaban J connectivity index is 2.64. The molecule has 0 saturated carbocycles. The van der Waals surface area contributed by atoms with Crippen LogP contribution in [-0.4, -0.2) is 11.9 Å². The van der Waals surface area contributed by atoms with Crippen molar-refractivity contribution in [2.45, 2.75) is 5.85 Å². The zero-order valence-corrected chi connectivity index (χ0v) is 8.99. The summed E-state index contributed by atoms with van der Waals surface area (Å²) in [6, 6.07) is 3.96. The monoisotopic (exact) mass is 252 g/mol. The van der Waals surface area contributed by atoms with Crippen LogP contribution < -0.4 is 15.6 Å². The Morgan fingerprint density at radius 3 is 2.31 bits per heavy atom. The van der Waals surface area contributed by atoms with Crippen molar-refractivity contribution in [1.82, 2.24) is 5.54 Å². The SMILES string of the molecule is O=C(NF)Nc1ccc(OC(F)(F)P)cc1. The molecular formula is C8H8F3N2O2P. The van der Waals surface area contributed by atoms with Gasteiger partial charge in [-0.1, -0.05) is 4.48 Å². The standard InChI is InChI=1S/C8H8F3N2O2P/c9-8(10,16)15-6-3-1-5(2-4-6)12-7(14)13-11/h1-4H,16H2,(H2,12,13,14). The lowest BCUT2D eigenvalue weighted by atomic mass is 10.3. The van der Waals surface area contributed by atoms with Gasteiger partial charge in [-0.3, -0.25) is 0 Å². The van der Waals surface area contributed by atoms with Crippen molar-refractivity contribution in [2.75, 3.05) is 5.32 Å². The molecule has 0 radical (unpaired) electrons. The number of carbonyl (C=O) groups is 1. The van der Waals surface area contributed by atoms with Gasteiger partial charge in [0.2, 0.25) is 0 Å². The molecule has 1 atom stereocenters. The molecule has 1 aromatic rings. The molecule has 16 heavy (non-hydrogen) atoms. The second-order valence-corrected chi connectivity index (χ2v) is 3.41. The van der Waals surface area contributed by atoms with Crippen molar-refractivity contribution in [3.05, 3.63) is 24.3 Å². The summed E-state index contributed by atoms with van der Waals surface area (Å²) in [5.41, 5.74) is 1.11. The fraction of sp³-hybridized carbons (Fsp3) is 0.125. The first-order valence-corrected chi connectivity index (χ1v) is 4.62. The highest BCUT2D eigenvalue weighted by molar-refractivity contribution is 7.17. The van der Waals surface area contributed by atoms with Crippen molar-refractivity contribution in [3.63, 3.8) is 0 Å². The average molecular weight is 252 g/mol. The molecule has 8 heteroatoms. The lowest BCUT2D eigenvalue weighted by Crippen LogP contribution is -2.21. The van der Waals surface area contributed by atoms with Gasteiger partial charge in [0.05, 0.1) is 0 Å². The third kappa shape index (κ3) is 4.35. The minimum atomic E-state index is -3.36. The Labute approximate surface area is 91.3 Å². The van der Waals surface area contributed by atoms with E-state index in [-0.39, 0.29) is 11.4 Å². The van der Waals surface area contributed by atoms with E-state index >= 15 is 0 Å². The van der Waals surface area contributed by atoms with Crippen LogP contribution in [0, 0.1) is 0 Å². The second kappa shape index (κ2) is 5.03. The van der Waals surface area contributed by atoms with E-state index in [1.165, 1.54) is 33.5 Å². The zero-order valence-electron chi connectivity index (χ0n) is 7.84. The molecule has 2 N–H and O–H groups in total. The highest BCUT2D eigenvalue weighted by atomic mass is 31.0. The van der Waals surface area contributed by atoms with Gasteiger partial charge in [0.1, 0.15) is 5.75 Å². The van der Waals surface area contributed by atoms with Crippen LogP contribution in [0.2, 0.25) is 0 Å². The molecule has 1 unspecified atom stereocenters. The maximum Gasteiger partial charge on any atom is 0.408 e. The van der Waals surface area contributed by atoms with Crippen LogP contribution in [0.15, 0.2) is 24.3 Å². The number of urea groups is 1. The van der Waals surface area contributed by atoms with Crippen LogP contribution in [-0.2, 0) is 0 Å². The van der Waals surface area contributed by atoms with Crippen molar-refractivity contribution in [2.24, 2.45) is 0 Å². The van der Waals surface area contributed by atoms with Crippen molar-refractivity contribution in [3.8, 4) is 5.75 Å². The van der Waals surface area contributed by atoms with Crippen molar-refractivity contribution in [1.29, 1.82) is 0 Å². The zero-order chi connectivity index (χ0) is 12.2. The number of carbonyl (C=O) groups excluding carboxylic acids is 1. The molecule has 0 aliphatic rings. The second-order valence-electron chi connectivity index (χ2n) is 2.74. The van der Waals surface area contributed by atoms with E-state index in [0.717, 1.165) is 5.54 Å². The van der Waals surface area contributed by atoms with Crippen LogP contribution in [0.5, 0.6) is 5.75 Å². The number of rotatable bonds is 3. The molecule has 1 rings (SSSR count). The van der Waals surface area contributed by atoms with Crippen LogP contribution >= 0.6 is 9.24 Å². The number of hydrogen-bond donors (Lipinski definition) is 2. The Kier molecular flexibility index (Phi) is 3.95. The van der Waals surface area contributed by atoms with Gasteiger partial charge < -0.3 is 10.1 Å². The first-order chi connectivity index (χ1) is 7.40. The lowest BCUT2D eigenvalue weighted by molar-refractivity contribution is -0.0892. The Bertz CT molecular complexity index is 367. The number of amides is 2. The first kappa shape index (κ1) is 12.6. The quantitative estimate of drug-likeness (QED) is 0.641. The van der Waals surface area contributed by atoms with Crippen molar-refractivity contribution < 1.29 is 22.8 Å². The van der Waals surface area contributed by atoms with Gasteiger partial charge >= 0.3 is 11.9 Å².